The van der Waals surface area contributed by atoms with Gasteiger partial charge < -0.3 is 14.5 Å². The molecule has 0 radical (unpaired) electrons. The lowest BCUT2D eigenvalue weighted by Crippen LogP contribution is -2.17. The van der Waals surface area contributed by atoms with Gasteiger partial charge in [-0.05, 0) is 37.2 Å². The summed E-state index contributed by atoms with van der Waals surface area (Å²) in [6.07, 6.45) is 6.32. The third-order valence-corrected chi connectivity index (χ3v) is 5.66. The van der Waals surface area contributed by atoms with Gasteiger partial charge >= 0.3 is 6.01 Å². The molecule has 2 aliphatic carbocycles. The van der Waals surface area contributed by atoms with Crippen LogP contribution in [-0.2, 0) is 6.42 Å². The highest BCUT2D eigenvalue weighted by atomic mass is 19.1. The van der Waals surface area contributed by atoms with Crippen LogP contribution in [0.3, 0.4) is 0 Å². The number of carbonyl (C=O) groups excluding carboxylic acids is 1. The van der Waals surface area contributed by atoms with Crippen LogP contribution in [0.2, 0.25) is 0 Å². The number of nitrogens with zero attached hydrogens (tertiary/aromatic N) is 3. The van der Waals surface area contributed by atoms with Gasteiger partial charge in [-0.3, -0.25) is 4.79 Å². The molecule has 0 saturated heterocycles. The Hall–Kier alpha value is -3.23. The average molecular weight is 414 g/mol. The van der Waals surface area contributed by atoms with Crippen molar-refractivity contribution < 1.29 is 22.7 Å². The van der Waals surface area contributed by atoms with E-state index in [1.54, 1.807) is 18.5 Å². The number of halogens is 2. The fourth-order valence-corrected chi connectivity index (χ4v) is 4.09. The van der Waals surface area contributed by atoms with Gasteiger partial charge in [0.05, 0.1) is 6.10 Å². The number of fused-ring (bicyclic) bond motifs is 1. The molecule has 7 nitrogen and oxygen atoms in total. The van der Waals surface area contributed by atoms with Crippen LogP contribution in [0.5, 0.6) is 5.75 Å². The number of nitrogens with one attached hydrogen (secondary N) is 1. The summed E-state index contributed by atoms with van der Waals surface area (Å²) in [6, 6.07) is 3.93. The van der Waals surface area contributed by atoms with E-state index in [9.17, 15) is 13.6 Å². The number of ether oxygens (including phenoxy) is 1. The predicted molar refractivity (Wildman–Crippen MR) is 103 cm³/mol. The van der Waals surface area contributed by atoms with Crippen molar-refractivity contribution >= 4 is 11.6 Å². The fourth-order valence-electron chi connectivity index (χ4n) is 4.09. The zero-order valence-corrected chi connectivity index (χ0v) is 16.3. The number of benzene rings is 1. The molecule has 1 aromatic carbocycles. The second kappa shape index (κ2) is 7.23. The lowest BCUT2D eigenvalue weighted by molar-refractivity contribution is 0.102. The first-order chi connectivity index (χ1) is 14.5. The maximum absolute atomic E-state index is 14.5. The van der Waals surface area contributed by atoms with E-state index < -0.39 is 23.3 Å². The quantitative estimate of drug-likeness (QED) is 0.656. The Kier molecular flexibility index (Phi) is 4.52. The number of carbonyl (C=O) groups is 1. The van der Waals surface area contributed by atoms with Crippen LogP contribution >= 0.6 is 0 Å². The van der Waals surface area contributed by atoms with Gasteiger partial charge in [0.25, 0.3) is 5.91 Å². The van der Waals surface area contributed by atoms with Crippen molar-refractivity contribution in [2.24, 2.45) is 11.8 Å². The topological polar surface area (TPSA) is 82.2 Å². The number of hydrogen-bond donors (Lipinski definition) is 1. The molecule has 2 unspecified atom stereocenters. The maximum Gasteiger partial charge on any atom is 0.323 e. The van der Waals surface area contributed by atoms with Crippen molar-refractivity contribution in [2.75, 3.05) is 5.32 Å². The molecule has 2 saturated carbocycles. The van der Waals surface area contributed by atoms with Crippen molar-refractivity contribution in [3.63, 3.8) is 0 Å². The van der Waals surface area contributed by atoms with Gasteiger partial charge in [-0.15, -0.1) is 0 Å². The summed E-state index contributed by atoms with van der Waals surface area (Å²) in [5.74, 6) is -1.09. The Labute approximate surface area is 171 Å². The molecule has 156 valence electrons. The molecule has 2 aromatic heterocycles. The highest BCUT2D eigenvalue weighted by molar-refractivity contribution is 6.03. The van der Waals surface area contributed by atoms with Crippen LogP contribution in [0, 0.1) is 23.5 Å². The fraction of sp³-hybridized carbons (Fsp3) is 0.381. The minimum Gasteiger partial charge on any atom is -0.484 e. The van der Waals surface area contributed by atoms with Gasteiger partial charge in [0.2, 0.25) is 0 Å². The number of hydrogen-bond acceptors (Lipinski definition) is 5. The molecule has 3 atom stereocenters. The molecule has 0 aliphatic heterocycles. The largest absolute Gasteiger partial charge is 0.484 e. The molecular weight excluding hydrogens is 394 g/mol. The first-order valence-corrected chi connectivity index (χ1v) is 9.98. The number of oxazole rings is 1. The molecule has 30 heavy (non-hydrogen) atoms. The van der Waals surface area contributed by atoms with Crippen LogP contribution in [0.4, 0.5) is 14.5 Å². The molecule has 0 bridgehead atoms. The zero-order chi connectivity index (χ0) is 20.8. The average Bonchev–Trinajstić information content (AvgIpc) is 3.17. The van der Waals surface area contributed by atoms with Crippen molar-refractivity contribution in [1.82, 2.24) is 14.8 Å². The summed E-state index contributed by atoms with van der Waals surface area (Å²) in [7, 11) is 0. The Morgan fingerprint density at radius 3 is 2.63 bits per heavy atom. The number of anilines is 1. The number of aromatic nitrogens is 3. The molecule has 1 N–H and O–H groups in total. The second-order valence-corrected chi connectivity index (χ2v) is 7.76. The molecule has 2 aliphatic rings. The smallest absolute Gasteiger partial charge is 0.323 e. The maximum atomic E-state index is 14.5. The zero-order valence-electron chi connectivity index (χ0n) is 16.3. The van der Waals surface area contributed by atoms with Gasteiger partial charge in [0.1, 0.15) is 5.76 Å². The van der Waals surface area contributed by atoms with Gasteiger partial charge in [0.15, 0.2) is 23.1 Å². The monoisotopic (exact) mass is 414 g/mol. The van der Waals surface area contributed by atoms with Gasteiger partial charge in [0, 0.05) is 36.6 Å². The number of aryl methyl sites for hydroxylation is 1. The van der Waals surface area contributed by atoms with E-state index in [0.29, 0.717) is 24.0 Å². The van der Waals surface area contributed by atoms with E-state index in [4.69, 9.17) is 9.15 Å². The van der Waals surface area contributed by atoms with Crippen LogP contribution < -0.4 is 10.1 Å². The lowest BCUT2D eigenvalue weighted by Gasteiger charge is -2.17. The Bertz CT molecular complexity index is 1060. The van der Waals surface area contributed by atoms with Crippen molar-refractivity contribution in [1.29, 1.82) is 0 Å². The third kappa shape index (κ3) is 3.44. The standard InChI is InChI=1S/C21H20F2N4O3/c1-2-17-18(26-21(30-17)27-5-3-4-24-27)20(28)25-13-9-15(22)19(16(23)10-13)29-14-7-11-6-12(11)8-14/h3-5,9-12,14H,2,6-8H2,1H3,(H,25,28)/t11-,12?,14?/m0/s1. The van der Waals surface area contributed by atoms with E-state index in [2.05, 4.69) is 15.4 Å². The van der Waals surface area contributed by atoms with Crippen molar-refractivity contribution in [3.05, 3.63) is 53.7 Å². The number of rotatable bonds is 6. The lowest BCUT2D eigenvalue weighted by atomic mass is 10.2. The molecule has 9 heteroatoms. The summed E-state index contributed by atoms with van der Waals surface area (Å²) < 4.78 is 41.5. The Morgan fingerprint density at radius 2 is 2.00 bits per heavy atom. The molecule has 2 fully saturated rings. The van der Waals surface area contributed by atoms with Gasteiger partial charge in [-0.25, -0.2) is 8.78 Å². The first-order valence-electron chi connectivity index (χ1n) is 9.98. The Morgan fingerprint density at radius 1 is 1.27 bits per heavy atom. The van der Waals surface area contributed by atoms with Gasteiger partial charge in [-0.1, -0.05) is 6.92 Å². The van der Waals surface area contributed by atoms with Gasteiger partial charge in [-0.2, -0.15) is 14.8 Å². The minimum atomic E-state index is -0.848. The molecule has 1 amide bonds. The number of amides is 1. The van der Waals surface area contributed by atoms with E-state index in [-0.39, 0.29) is 23.5 Å². The second-order valence-electron chi connectivity index (χ2n) is 7.76. The third-order valence-electron chi connectivity index (χ3n) is 5.66. The van der Waals surface area contributed by atoms with E-state index in [0.717, 1.165) is 25.0 Å². The molecule has 0 spiro atoms. The van der Waals surface area contributed by atoms with E-state index in [1.165, 1.54) is 11.1 Å². The molecule has 5 rings (SSSR count). The van der Waals surface area contributed by atoms with Crippen LogP contribution in [0.1, 0.15) is 42.4 Å². The van der Waals surface area contributed by atoms with E-state index in [1.807, 2.05) is 6.92 Å². The van der Waals surface area contributed by atoms with Crippen LogP contribution in [-0.4, -0.2) is 26.8 Å². The Balaban J connectivity index is 1.33. The normalized spacial score (nSPS) is 22.0. The summed E-state index contributed by atoms with van der Waals surface area (Å²) in [5, 5.41) is 6.50. The summed E-state index contributed by atoms with van der Waals surface area (Å²) in [6.45, 7) is 1.81. The molecular formula is C21H20F2N4O3. The highest BCUT2D eigenvalue weighted by Crippen LogP contribution is 2.52. The minimum absolute atomic E-state index is 0.0256. The first kappa shape index (κ1) is 18.8. The van der Waals surface area contributed by atoms with Crippen molar-refractivity contribution in [2.45, 2.75) is 38.7 Å². The summed E-state index contributed by atoms with van der Waals surface area (Å²) >= 11 is 0. The predicted octanol–water partition coefficient (Wildman–Crippen LogP) is 4.13. The van der Waals surface area contributed by atoms with Crippen LogP contribution in [0.15, 0.2) is 35.0 Å². The van der Waals surface area contributed by atoms with E-state index >= 15 is 0 Å². The van der Waals surface area contributed by atoms with Crippen LogP contribution in [0.25, 0.3) is 6.01 Å². The SMILES string of the molecule is CCc1oc(-n2cccn2)nc1C(=O)Nc1cc(F)c(OC2CC3C[C@H]3C2)c(F)c1. The molecule has 3 aromatic rings. The highest BCUT2D eigenvalue weighted by Gasteiger charge is 2.47. The van der Waals surface area contributed by atoms with Crippen molar-refractivity contribution in [3.8, 4) is 11.8 Å². The summed E-state index contributed by atoms with van der Waals surface area (Å²) in [4.78, 5) is 16.8. The summed E-state index contributed by atoms with van der Waals surface area (Å²) in [5.41, 5.74) is 0.0108. The molecule has 2 heterocycles.